The van der Waals surface area contributed by atoms with Crippen molar-refractivity contribution in [1.29, 1.82) is 0 Å². The van der Waals surface area contributed by atoms with E-state index in [9.17, 15) is 13.2 Å². The van der Waals surface area contributed by atoms with Gasteiger partial charge in [-0.3, -0.25) is 4.79 Å². The van der Waals surface area contributed by atoms with Crippen molar-refractivity contribution in [1.82, 2.24) is 10.2 Å². The van der Waals surface area contributed by atoms with Crippen LogP contribution in [0, 0.1) is 13.8 Å². The number of amides is 1. The lowest BCUT2D eigenvalue weighted by Crippen LogP contribution is -2.14. The molecule has 0 unspecified atom stereocenters. The van der Waals surface area contributed by atoms with Gasteiger partial charge in [-0.15, -0.1) is 5.10 Å². The lowest BCUT2D eigenvalue weighted by atomic mass is 10.2. The van der Waals surface area contributed by atoms with Gasteiger partial charge in [-0.05, 0) is 49.7 Å². The fourth-order valence-corrected chi connectivity index (χ4v) is 2.28. The van der Waals surface area contributed by atoms with Crippen LogP contribution in [0.25, 0.3) is 0 Å². The van der Waals surface area contributed by atoms with Crippen LogP contribution in [0.4, 0.5) is 5.82 Å². The van der Waals surface area contributed by atoms with E-state index in [1.807, 2.05) is 13.8 Å². The average molecular weight is 305 g/mol. The molecule has 0 saturated heterocycles. The van der Waals surface area contributed by atoms with E-state index in [1.165, 1.54) is 24.3 Å². The smallest absolute Gasteiger partial charge is 0.256 e. The standard InChI is InChI=1S/C14H15N3O3S/c1-9-8-13(17-16-10(9)2)15-14(18)11-4-6-12(7-5-11)21(3,19)20/h4-8H,1-3H3,(H,15,17,18). The Balaban J connectivity index is 2.18. The molecule has 1 amide bonds. The highest BCUT2D eigenvalue weighted by Gasteiger charge is 2.11. The average Bonchev–Trinajstić information content (AvgIpc) is 2.42. The fraction of sp³-hybridized carbons (Fsp3) is 0.214. The molecule has 1 aromatic carbocycles. The number of benzene rings is 1. The Morgan fingerprint density at radius 1 is 1.10 bits per heavy atom. The summed E-state index contributed by atoms with van der Waals surface area (Å²) in [5, 5.41) is 10.4. The molecule has 1 aromatic heterocycles. The van der Waals surface area contributed by atoms with Gasteiger partial charge in [0.2, 0.25) is 0 Å². The second-order valence-corrected chi connectivity index (χ2v) is 6.76. The Morgan fingerprint density at radius 3 is 2.24 bits per heavy atom. The predicted molar refractivity (Wildman–Crippen MR) is 79.0 cm³/mol. The molecular formula is C14H15N3O3S. The van der Waals surface area contributed by atoms with Crippen LogP contribution in [0.3, 0.4) is 0 Å². The van der Waals surface area contributed by atoms with E-state index < -0.39 is 9.84 Å². The van der Waals surface area contributed by atoms with Crippen molar-refractivity contribution in [2.24, 2.45) is 0 Å². The molecule has 0 aliphatic rings. The van der Waals surface area contributed by atoms with Gasteiger partial charge >= 0.3 is 0 Å². The van der Waals surface area contributed by atoms with E-state index in [2.05, 4.69) is 15.5 Å². The number of rotatable bonds is 3. The SMILES string of the molecule is Cc1cc(NC(=O)c2ccc(S(C)(=O)=O)cc2)nnc1C. The van der Waals surface area contributed by atoms with Crippen LogP contribution in [0.5, 0.6) is 0 Å². The first-order valence-electron chi connectivity index (χ1n) is 6.20. The molecule has 0 aliphatic heterocycles. The van der Waals surface area contributed by atoms with Gasteiger partial charge in [0.15, 0.2) is 15.7 Å². The number of hydrogen-bond acceptors (Lipinski definition) is 5. The van der Waals surface area contributed by atoms with E-state index >= 15 is 0 Å². The Bertz CT molecular complexity index is 784. The molecule has 21 heavy (non-hydrogen) atoms. The van der Waals surface area contributed by atoms with Crippen molar-refractivity contribution < 1.29 is 13.2 Å². The number of aromatic nitrogens is 2. The zero-order chi connectivity index (χ0) is 15.6. The van der Waals surface area contributed by atoms with Crippen molar-refractivity contribution >= 4 is 21.6 Å². The molecule has 0 saturated carbocycles. The molecule has 0 bridgehead atoms. The molecule has 7 heteroatoms. The first kappa shape index (κ1) is 15.1. The molecule has 0 radical (unpaired) electrons. The third kappa shape index (κ3) is 3.63. The molecule has 2 rings (SSSR count). The van der Waals surface area contributed by atoms with Crippen LogP contribution in [0.2, 0.25) is 0 Å². The van der Waals surface area contributed by atoms with Gasteiger partial charge in [0.1, 0.15) is 0 Å². The summed E-state index contributed by atoms with van der Waals surface area (Å²) in [5.74, 6) is -0.0112. The second-order valence-electron chi connectivity index (χ2n) is 4.75. The molecule has 0 spiro atoms. The molecule has 1 N–H and O–H groups in total. The van der Waals surface area contributed by atoms with E-state index in [4.69, 9.17) is 0 Å². The number of aryl methyl sites for hydroxylation is 2. The van der Waals surface area contributed by atoms with Gasteiger partial charge in [0.05, 0.1) is 10.6 Å². The maximum atomic E-state index is 12.0. The highest BCUT2D eigenvalue weighted by atomic mass is 32.2. The molecular weight excluding hydrogens is 290 g/mol. The zero-order valence-corrected chi connectivity index (χ0v) is 12.7. The first-order valence-corrected chi connectivity index (χ1v) is 8.09. The number of anilines is 1. The zero-order valence-electron chi connectivity index (χ0n) is 11.9. The molecule has 6 nitrogen and oxygen atoms in total. The molecule has 0 fully saturated rings. The van der Waals surface area contributed by atoms with E-state index in [-0.39, 0.29) is 10.8 Å². The predicted octanol–water partition coefficient (Wildman–Crippen LogP) is 1.75. The Hall–Kier alpha value is -2.28. The van der Waals surface area contributed by atoms with Crippen LogP contribution < -0.4 is 5.32 Å². The highest BCUT2D eigenvalue weighted by molar-refractivity contribution is 7.90. The number of nitrogens with zero attached hydrogens (tertiary/aromatic N) is 2. The molecule has 1 heterocycles. The Morgan fingerprint density at radius 2 is 1.71 bits per heavy atom. The van der Waals surface area contributed by atoms with Crippen molar-refractivity contribution in [3.05, 3.63) is 47.2 Å². The highest BCUT2D eigenvalue weighted by Crippen LogP contribution is 2.13. The number of nitrogens with one attached hydrogen (secondary N) is 1. The number of carbonyl (C=O) groups excluding carboxylic acids is 1. The fourth-order valence-electron chi connectivity index (χ4n) is 1.65. The summed E-state index contributed by atoms with van der Waals surface area (Å²) in [6.07, 6.45) is 1.12. The third-order valence-electron chi connectivity index (χ3n) is 3.02. The normalized spacial score (nSPS) is 11.2. The van der Waals surface area contributed by atoms with Crippen molar-refractivity contribution in [2.75, 3.05) is 11.6 Å². The van der Waals surface area contributed by atoms with Gasteiger partial charge in [-0.1, -0.05) is 0 Å². The summed E-state index contributed by atoms with van der Waals surface area (Å²) in [6.45, 7) is 3.71. The van der Waals surface area contributed by atoms with Crippen LogP contribution in [0.1, 0.15) is 21.6 Å². The maximum absolute atomic E-state index is 12.0. The number of sulfone groups is 1. The number of hydrogen-bond donors (Lipinski definition) is 1. The summed E-state index contributed by atoms with van der Waals surface area (Å²) < 4.78 is 22.7. The van der Waals surface area contributed by atoms with Gasteiger partial charge < -0.3 is 5.32 Å². The number of carbonyl (C=O) groups is 1. The summed E-state index contributed by atoms with van der Waals surface area (Å²) in [4.78, 5) is 12.2. The summed E-state index contributed by atoms with van der Waals surface area (Å²) in [7, 11) is -3.27. The topological polar surface area (TPSA) is 89.0 Å². The van der Waals surface area contributed by atoms with Crippen LogP contribution in [0.15, 0.2) is 35.2 Å². The summed E-state index contributed by atoms with van der Waals surface area (Å²) in [5.41, 5.74) is 2.07. The van der Waals surface area contributed by atoms with Crippen LogP contribution >= 0.6 is 0 Å². The van der Waals surface area contributed by atoms with Gasteiger partial charge in [0.25, 0.3) is 5.91 Å². The van der Waals surface area contributed by atoms with Crippen LogP contribution in [-0.4, -0.2) is 30.8 Å². The van der Waals surface area contributed by atoms with Gasteiger partial charge in [-0.2, -0.15) is 5.10 Å². The minimum Gasteiger partial charge on any atom is -0.305 e. The third-order valence-corrected chi connectivity index (χ3v) is 4.15. The van der Waals surface area contributed by atoms with E-state index in [1.54, 1.807) is 6.07 Å². The summed E-state index contributed by atoms with van der Waals surface area (Å²) in [6, 6.07) is 7.44. The van der Waals surface area contributed by atoms with Crippen molar-refractivity contribution in [2.45, 2.75) is 18.7 Å². The second kappa shape index (κ2) is 5.61. The molecule has 0 atom stereocenters. The van der Waals surface area contributed by atoms with Crippen molar-refractivity contribution in [3.8, 4) is 0 Å². The van der Waals surface area contributed by atoms with Crippen LogP contribution in [-0.2, 0) is 9.84 Å². The summed E-state index contributed by atoms with van der Waals surface area (Å²) >= 11 is 0. The molecule has 2 aromatic rings. The maximum Gasteiger partial charge on any atom is 0.256 e. The molecule has 110 valence electrons. The lowest BCUT2D eigenvalue weighted by molar-refractivity contribution is 0.102. The minimum absolute atomic E-state index is 0.171. The first-order chi connectivity index (χ1) is 9.77. The Kier molecular flexibility index (Phi) is 4.04. The molecule has 0 aliphatic carbocycles. The quantitative estimate of drug-likeness (QED) is 0.933. The monoisotopic (exact) mass is 305 g/mol. The van der Waals surface area contributed by atoms with Crippen molar-refractivity contribution in [3.63, 3.8) is 0 Å². The Labute approximate surface area is 123 Å². The van der Waals surface area contributed by atoms with E-state index in [0.717, 1.165) is 17.5 Å². The largest absolute Gasteiger partial charge is 0.305 e. The van der Waals surface area contributed by atoms with E-state index in [0.29, 0.717) is 11.4 Å². The minimum atomic E-state index is -3.27. The van der Waals surface area contributed by atoms with Gasteiger partial charge in [0, 0.05) is 11.8 Å². The lowest BCUT2D eigenvalue weighted by Gasteiger charge is -2.06. The van der Waals surface area contributed by atoms with Gasteiger partial charge in [-0.25, -0.2) is 8.42 Å².